The molecular formula is C13H15N5O4. The maximum absolute atomic E-state index is 11.9. The molecule has 1 aromatic rings. The molecule has 2 heterocycles. The van der Waals surface area contributed by atoms with E-state index >= 15 is 0 Å². The van der Waals surface area contributed by atoms with Crippen LogP contribution in [-0.2, 0) is 4.79 Å². The SMILES string of the molecule is NC(=O)c1cc([N+](=O)[O-])cnc1NC1CC(=O)N(C2CC2)C1. The summed E-state index contributed by atoms with van der Waals surface area (Å²) < 4.78 is 0. The Morgan fingerprint density at radius 1 is 1.50 bits per heavy atom. The lowest BCUT2D eigenvalue weighted by atomic mass is 10.2. The highest BCUT2D eigenvalue weighted by molar-refractivity contribution is 5.98. The van der Waals surface area contributed by atoms with Crippen molar-refractivity contribution in [2.75, 3.05) is 11.9 Å². The number of anilines is 1. The van der Waals surface area contributed by atoms with Gasteiger partial charge in [0.25, 0.3) is 11.6 Å². The van der Waals surface area contributed by atoms with Crippen molar-refractivity contribution in [2.24, 2.45) is 5.73 Å². The number of nitrogens with two attached hydrogens (primary N) is 1. The molecule has 1 aromatic heterocycles. The van der Waals surface area contributed by atoms with Crippen LogP contribution in [0.2, 0.25) is 0 Å². The number of carbonyl (C=O) groups is 2. The summed E-state index contributed by atoms with van der Waals surface area (Å²) in [6, 6.07) is 1.24. The number of hydrogen-bond donors (Lipinski definition) is 2. The van der Waals surface area contributed by atoms with Crippen LogP contribution in [0.1, 0.15) is 29.6 Å². The minimum absolute atomic E-state index is 0.0495. The average Bonchev–Trinajstić information content (AvgIpc) is 3.23. The van der Waals surface area contributed by atoms with Gasteiger partial charge in [-0.1, -0.05) is 0 Å². The van der Waals surface area contributed by atoms with Crippen LogP contribution in [0.3, 0.4) is 0 Å². The molecule has 0 radical (unpaired) electrons. The van der Waals surface area contributed by atoms with Crippen LogP contribution in [0, 0.1) is 10.1 Å². The Hall–Kier alpha value is -2.71. The summed E-state index contributed by atoms with van der Waals surface area (Å²) in [6.07, 6.45) is 3.43. The van der Waals surface area contributed by atoms with Crippen molar-refractivity contribution in [3.8, 4) is 0 Å². The van der Waals surface area contributed by atoms with E-state index in [0.29, 0.717) is 19.0 Å². The average molecular weight is 305 g/mol. The fraction of sp³-hybridized carbons (Fsp3) is 0.462. The van der Waals surface area contributed by atoms with Crippen LogP contribution >= 0.6 is 0 Å². The van der Waals surface area contributed by atoms with Crippen molar-refractivity contribution < 1.29 is 14.5 Å². The van der Waals surface area contributed by atoms with Gasteiger partial charge in [-0.15, -0.1) is 0 Å². The lowest BCUT2D eigenvalue weighted by Gasteiger charge is -2.17. The minimum Gasteiger partial charge on any atom is -0.365 e. The molecule has 0 aromatic carbocycles. The number of pyridine rings is 1. The molecule has 0 spiro atoms. The molecule has 22 heavy (non-hydrogen) atoms. The Labute approximate surface area is 125 Å². The monoisotopic (exact) mass is 305 g/mol. The quantitative estimate of drug-likeness (QED) is 0.592. The molecule has 9 nitrogen and oxygen atoms in total. The number of nitrogens with zero attached hydrogens (tertiary/aromatic N) is 3. The van der Waals surface area contributed by atoms with E-state index in [0.717, 1.165) is 25.1 Å². The molecule has 2 amide bonds. The number of nitro groups is 1. The molecule has 2 fully saturated rings. The predicted octanol–water partition coefficient (Wildman–Crippen LogP) is 0.264. The van der Waals surface area contributed by atoms with E-state index < -0.39 is 10.8 Å². The molecule has 116 valence electrons. The summed E-state index contributed by atoms with van der Waals surface area (Å²) in [5.74, 6) is -0.557. The van der Waals surface area contributed by atoms with Crippen LogP contribution in [0.25, 0.3) is 0 Å². The third-order valence-electron chi connectivity index (χ3n) is 3.84. The van der Waals surface area contributed by atoms with E-state index in [9.17, 15) is 19.7 Å². The van der Waals surface area contributed by atoms with Gasteiger partial charge in [0.15, 0.2) is 0 Å². The van der Waals surface area contributed by atoms with Crippen molar-refractivity contribution in [3.63, 3.8) is 0 Å². The van der Waals surface area contributed by atoms with Gasteiger partial charge in [0, 0.05) is 25.1 Å². The maximum Gasteiger partial charge on any atom is 0.288 e. The zero-order valence-electron chi connectivity index (χ0n) is 11.7. The van der Waals surface area contributed by atoms with Gasteiger partial charge in [0.05, 0.1) is 16.5 Å². The second-order valence-corrected chi connectivity index (χ2v) is 5.53. The van der Waals surface area contributed by atoms with Crippen LogP contribution in [0.5, 0.6) is 0 Å². The zero-order valence-corrected chi connectivity index (χ0v) is 11.7. The Morgan fingerprint density at radius 2 is 2.23 bits per heavy atom. The van der Waals surface area contributed by atoms with Crippen LogP contribution < -0.4 is 11.1 Å². The standard InChI is InChI=1S/C13H15N5O4/c14-12(20)10-4-9(18(21)22)5-15-13(10)16-7-3-11(19)17(6-7)8-1-2-8/h4-5,7-8H,1-3,6H2,(H2,14,20)(H,15,16). The first kappa shape index (κ1) is 14.2. The highest BCUT2D eigenvalue weighted by Crippen LogP contribution is 2.31. The van der Waals surface area contributed by atoms with Crippen molar-refractivity contribution in [2.45, 2.75) is 31.3 Å². The zero-order chi connectivity index (χ0) is 15.9. The molecule has 1 saturated heterocycles. The van der Waals surface area contributed by atoms with Crippen molar-refractivity contribution in [1.82, 2.24) is 9.88 Å². The van der Waals surface area contributed by atoms with Crippen LogP contribution in [0.15, 0.2) is 12.3 Å². The van der Waals surface area contributed by atoms with E-state index in [1.165, 1.54) is 0 Å². The van der Waals surface area contributed by atoms with Gasteiger partial charge in [0.2, 0.25) is 5.91 Å². The van der Waals surface area contributed by atoms with E-state index in [1.807, 2.05) is 4.90 Å². The third-order valence-corrected chi connectivity index (χ3v) is 3.84. The fourth-order valence-electron chi connectivity index (χ4n) is 2.62. The molecule has 3 N–H and O–H groups in total. The molecule has 1 saturated carbocycles. The maximum atomic E-state index is 11.9. The Morgan fingerprint density at radius 3 is 2.82 bits per heavy atom. The molecule has 0 bridgehead atoms. The topological polar surface area (TPSA) is 131 Å². The van der Waals surface area contributed by atoms with Gasteiger partial charge in [-0.3, -0.25) is 19.7 Å². The first-order chi connectivity index (χ1) is 10.5. The second-order valence-electron chi connectivity index (χ2n) is 5.53. The Balaban J connectivity index is 1.78. The summed E-state index contributed by atoms with van der Waals surface area (Å²) in [5.41, 5.74) is 4.90. The first-order valence-electron chi connectivity index (χ1n) is 6.96. The molecule has 3 rings (SSSR count). The Kier molecular flexibility index (Phi) is 3.39. The van der Waals surface area contributed by atoms with Crippen LogP contribution in [0.4, 0.5) is 11.5 Å². The molecule has 2 aliphatic rings. The third kappa shape index (κ3) is 2.69. The van der Waals surface area contributed by atoms with Crippen LogP contribution in [-0.4, -0.2) is 45.2 Å². The number of hydrogen-bond acceptors (Lipinski definition) is 6. The summed E-state index contributed by atoms with van der Waals surface area (Å²) in [7, 11) is 0. The van der Waals surface area contributed by atoms with Crippen molar-refractivity contribution >= 4 is 23.3 Å². The highest BCUT2D eigenvalue weighted by atomic mass is 16.6. The number of carbonyl (C=O) groups excluding carboxylic acids is 2. The number of primary amides is 1. The largest absolute Gasteiger partial charge is 0.365 e. The Bertz CT molecular complexity index is 658. The van der Waals surface area contributed by atoms with Crippen molar-refractivity contribution in [3.05, 3.63) is 27.9 Å². The lowest BCUT2D eigenvalue weighted by molar-refractivity contribution is -0.385. The molecule has 1 atom stereocenters. The highest BCUT2D eigenvalue weighted by Gasteiger charge is 2.39. The van der Waals surface area contributed by atoms with Gasteiger partial charge in [-0.05, 0) is 12.8 Å². The van der Waals surface area contributed by atoms with E-state index in [4.69, 9.17) is 5.73 Å². The van der Waals surface area contributed by atoms with E-state index in [2.05, 4.69) is 10.3 Å². The summed E-state index contributed by atoms with van der Waals surface area (Å²) in [5, 5.41) is 13.7. The second kappa shape index (κ2) is 5.24. The predicted molar refractivity (Wildman–Crippen MR) is 76.2 cm³/mol. The summed E-state index contributed by atoms with van der Waals surface area (Å²) in [4.78, 5) is 39.2. The smallest absolute Gasteiger partial charge is 0.288 e. The number of aromatic nitrogens is 1. The van der Waals surface area contributed by atoms with Gasteiger partial charge < -0.3 is 16.0 Å². The van der Waals surface area contributed by atoms with E-state index in [1.54, 1.807) is 0 Å². The molecule has 1 unspecified atom stereocenters. The fourth-order valence-corrected chi connectivity index (χ4v) is 2.62. The molecular weight excluding hydrogens is 290 g/mol. The first-order valence-corrected chi connectivity index (χ1v) is 6.96. The van der Waals surface area contributed by atoms with Gasteiger partial charge in [0.1, 0.15) is 12.0 Å². The van der Waals surface area contributed by atoms with E-state index in [-0.39, 0.29) is 29.0 Å². The van der Waals surface area contributed by atoms with Gasteiger partial charge in [-0.2, -0.15) is 0 Å². The van der Waals surface area contributed by atoms with Crippen molar-refractivity contribution in [1.29, 1.82) is 0 Å². The minimum atomic E-state index is -0.804. The molecule has 1 aliphatic heterocycles. The normalized spacial score (nSPS) is 21.0. The lowest BCUT2D eigenvalue weighted by Crippen LogP contribution is -2.30. The number of rotatable bonds is 5. The number of amides is 2. The number of nitrogens with one attached hydrogen (secondary N) is 1. The summed E-state index contributed by atoms with van der Waals surface area (Å²) in [6.45, 7) is 0.542. The van der Waals surface area contributed by atoms with Gasteiger partial charge in [-0.25, -0.2) is 4.98 Å². The molecule has 9 heteroatoms. The van der Waals surface area contributed by atoms with Gasteiger partial charge >= 0.3 is 0 Å². The number of likely N-dealkylation sites (tertiary alicyclic amines) is 1. The summed E-state index contributed by atoms with van der Waals surface area (Å²) >= 11 is 0. The molecule has 1 aliphatic carbocycles.